The molecule has 10 nitrogen and oxygen atoms in total. The zero-order valence-electron chi connectivity index (χ0n) is 19.9. The normalized spacial score (nSPS) is 18.5. The lowest BCUT2D eigenvalue weighted by molar-refractivity contribution is -0.0309. The summed E-state index contributed by atoms with van der Waals surface area (Å²) in [5.74, 6) is 1.74. The number of hydrogen-bond acceptors (Lipinski definition) is 11. The molecular weight excluding hydrogens is 476 g/mol. The third-order valence-corrected chi connectivity index (χ3v) is 7.95. The van der Waals surface area contributed by atoms with Gasteiger partial charge in [0.1, 0.15) is 5.60 Å². The van der Waals surface area contributed by atoms with Gasteiger partial charge in [0.15, 0.2) is 11.6 Å². The second-order valence-electron chi connectivity index (χ2n) is 9.25. The monoisotopic (exact) mass is 504 g/mol. The standard InChI is InChI=1S/C25H28N8O2S/c26-24-28-14-17(15-29-24)22-30-19-13-18(36-21(19)23(31-22)33-9-11-35-12-10-33)16-32-7-4-25(34,5-8-32)20-3-1-2-6-27-20/h1-3,6,13-15,34H,4-5,7-12,16H2,(H2,26,28,29). The Morgan fingerprint density at radius 2 is 1.81 bits per heavy atom. The van der Waals surface area contributed by atoms with Crippen LogP contribution >= 0.6 is 11.3 Å². The minimum absolute atomic E-state index is 0.225. The quantitative estimate of drug-likeness (QED) is 0.418. The maximum atomic E-state index is 11.1. The van der Waals surface area contributed by atoms with Gasteiger partial charge in [-0.25, -0.2) is 19.9 Å². The predicted octanol–water partition coefficient (Wildman–Crippen LogP) is 2.45. The Labute approximate surface area is 212 Å². The van der Waals surface area contributed by atoms with E-state index in [1.807, 2.05) is 18.2 Å². The van der Waals surface area contributed by atoms with Crippen molar-refractivity contribution in [1.29, 1.82) is 0 Å². The van der Waals surface area contributed by atoms with E-state index >= 15 is 0 Å². The van der Waals surface area contributed by atoms with Gasteiger partial charge < -0.3 is 20.5 Å². The molecule has 0 radical (unpaired) electrons. The van der Waals surface area contributed by atoms with Crippen LogP contribution in [0.2, 0.25) is 0 Å². The summed E-state index contributed by atoms with van der Waals surface area (Å²) in [6.45, 7) is 5.34. The van der Waals surface area contributed by atoms with Gasteiger partial charge in [0.05, 0.1) is 34.7 Å². The van der Waals surface area contributed by atoms with Crippen molar-refractivity contribution in [2.45, 2.75) is 25.0 Å². The van der Waals surface area contributed by atoms with Crippen LogP contribution in [0, 0.1) is 0 Å². The van der Waals surface area contributed by atoms with Crippen molar-refractivity contribution in [3.05, 3.63) is 53.4 Å². The minimum Gasteiger partial charge on any atom is -0.383 e. The average molecular weight is 505 g/mol. The molecule has 0 spiro atoms. The molecule has 0 aromatic carbocycles. The van der Waals surface area contributed by atoms with Crippen LogP contribution in [-0.2, 0) is 16.9 Å². The molecule has 3 N–H and O–H groups in total. The number of aromatic nitrogens is 5. The molecule has 4 aromatic rings. The van der Waals surface area contributed by atoms with Gasteiger partial charge in [-0.1, -0.05) is 6.07 Å². The number of nitrogens with two attached hydrogens (primary N) is 1. The number of likely N-dealkylation sites (tertiary alicyclic amines) is 1. The van der Waals surface area contributed by atoms with Crippen molar-refractivity contribution in [3.8, 4) is 11.4 Å². The number of ether oxygens (including phenoxy) is 1. The number of nitrogens with zero attached hydrogens (tertiary/aromatic N) is 7. The Hall–Kier alpha value is -3.25. The number of hydrogen-bond donors (Lipinski definition) is 2. The van der Waals surface area contributed by atoms with Crippen molar-refractivity contribution in [1.82, 2.24) is 29.8 Å². The van der Waals surface area contributed by atoms with Crippen molar-refractivity contribution >= 4 is 33.3 Å². The molecule has 6 heterocycles. The summed E-state index contributed by atoms with van der Waals surface area (Å²) < 4.78 is 6.65. The zero-order chi connectivity index (χ0) is 24.5. The first kappa shape index (κ1) is 23.2. The highest BCUT2D eigenvalue weighted by molar-refractivity contribution is 7.19. The molecule has 36 heavy (non-hydrogen) atoms. The van der Waals surface area contributed by atoms with Gasteiger partial charge in [-0.3, -0.25) is 9.88 Å². The molecule has 0 atom stereocenters. The van der Waals surface area contributed by atoms with Crippen molar-refractivity contribution < 1.29 is 9.84 Å². The zero-order valence-corrected chi connectivity index (χ0v) is 20.7. The Morgan fingerprint density at radius 1 is 1.03 bits per heavy atom. The van der Waals surface area contributed by atoms with Gasteiger partial charge in [0.2, 0.25) is 5.95 Å². The molecule has 0 bridgehead atoms. The Balaban J connectivity index is 1.26. The summed E-state index contributed by atoms with van der Waals surface area (Å²) in [5, 5.41) is 11.1. The molecule has 2 saturated heterocycles. The molecule has 0 amide bonds. The van der Waals surface area contributed by atoms with Gasteiger partial charge in [-0.2, -0.15) is 0 Å². The van der Waals surface area contributed by atoms with Crippen LogP contribution in [0.1, 0.15) is 23.4 Å². The molecule has 11 heteroatoms. The van der Waals surface area contributed by atoms with E-state index in [2.05, 4.69) is 30.8 Å². The molecule has 0 aliphatic carbocycles. The number of fused-ring (bicyclic) bond motifs is 1. The average Bonchev–Trinajstić information content (AvgIpc) is 3.33. The lowest BCUT2D eigenvalue weighted by Gasteiger charge is -2.37. The number of aliphatic hydroxyl groups is 1. The number of pyridine rings is 1. The molecule has 2 aliphatic heterocycles. The number of piperidine rings is 1. The van der Waals surface area contributed by atoms with Gasteiger partial charge in [0, 0.05) is 56.2 Å². The van der Waals surface area contributed by atoms with Crippen molar-refractivity contribution in [2.24, 2.45) is 0 Å². The maximum Gasteiger partial charge on any atom is 0.219 e. The largest absolute Gasteiger partial charge is 0.383 e. The van der Waals surface area contributed by atoms with E-state index < -0.39 is 5.60 Å². The predicted molar refractivity (Wildman–Crippen MR) is 139 cm³/mol. The smallest absolute Gasteiger partial charge is 0.219 e. The van der Waals surface area contributed by atoms with Crippen LogP contribution in [0.5, 0.6) is 0 Å². The fourth-order valence-electron chi connectivity index (χ4n) is 4.81. The van der Waals surface area contributed by atoms with Crippen molar-refractivity contribution in [2.75, 3.05) is 50.0 Å². The van der Waals surface area contributed by atoms with E-state index in [4.69, 9.17) is 20.4 Å². The van der Waals surface area contributed by atoms with Crippen LogP contribution in [-0.4, -0.2) is 74.3 Å². The van der Waals surface area contributed by atoms with Crippen LogP contribution in [0.4, 0.5) is 11.8 Å². The summed E-state index contributed by atoms with van der Waals surface area (Å²) in [7, 11) is 0. The third-order valence-electron chi connectivity index (χ3n) is 6.85. The molecule has 6 rings (SSSR count). The minimum atomic E-state index is -0.858. The van der Waals surface area contributed by atoms with Crippen LogP contribution in [0.25, 0.3) is 21.6 Å². The molecule has 0 saturated carbocycles. The first-order chi connectivity index (χ1) is 17.6. The first-order valence-corrected chi connectivity index (χ1v) is 13.0. The number of morpholine rings is 1. The fraction of sp³-hybridized carbons (Fsp3) is 0.400. The van der Waals surface area contributed by atoms with E-state index in [1.165, 1.54) is 4.88 Å². The van der Waals surface area contributed by atoms with Crippen LogP contribution < -0.4 is 10.6 Å². The topological polar surface area (TPSA) is 126 Å². The molecule has 4 aromatic heterocycles. The number of thiophene rings is 1. The van der Waals surface area contributed by atoms with Crippen LogP contribution in [0.3, 0.4) is 0 Å². The number of rotatable bonds is 5. The Bertz CT molecular complexity index is 1330. The lowest BCUT2D eigenvalue weighted by atomic mass is 9.88. The Morgan fingerprint density at radius 3 is 2.53 bits per heavy atom. The van der Waals surface area contributed by atoms with Crippen molar-refractivity contribution in [3.63, 3.8) is 0 Å². The summed E-state index contributed by atoms with van der Waals surface area (Å²) in [5.41, 5.74) is 7.23. The summed E-state index contributed by atoms with van der Waals surface area (Å²) in [6.07, 6.45) is 6.39. The number of anilines is 2. The van der Waals surface area contributed by atoms with Crippen LogP contribution in [0.15, 0.2) is 42.9 Å². The van der Waals surface area contributed by atoms with Gasteiger partial charge in [0.25, 0.3) is 0 Å². The maximum absolute atomic E-state index is 11.1. The van der Waals surface area contributed by atoms with Gasteiger partial charge in [-0.05, 0) is 31.0 Å². The summed E-state index contributed by atoms with van der Waals surface area (Å²) in [6, 6.07) is 7.88. The molecular formula is C25H28N8O2S. The highest BCUT2D eigenvalue weighted by atomic mass is 32.1. The second kappa shape index (κ2) is 9.66. The summed E-state index contributed by atoms with van der Waals surface area (Å²) >= 11 is 1.74. The highest BCUT2D eigenvalue weighted by Gasteiger charge is 2.35. The fourth-order valence-corrected chi connectivity index (χ4v) is 5.96. The third kappa shape index (κ3) is 4.62. The molecule has 2 fully saturated rings. The van der Waals surface area contributed by atoms with Gasteiger partial charge >= 0.3 is 0 Å². The Kier molecular flexibility index (Phi) is 6.22. The van der Waals surface area contributed by atoms with E-state index in [0.29, 0.717) is 31.9 Å². The van der Waals surface area contributed by atoms with E-state index in [-0.39, 0.29) is 5.95 Å². The van der Waals surface area contributed by atoms with E-state index in [1.54, 1.807) is 29.9 Å². The lowest BCUT2D eigenvalue weighted by Crippen LogP contribution is -2.42. The van der Waals surface area contributed by atoms with Gasteiger partial charge in [-0.15, -0.1) is 11.3 Å². The summed E-state index contributed by atoms with van der Waals surface area (Å²) in [4.78, 5) is 28.3. The molecule has 2 aliphatic rings. The first-order valence-electron chi connectivity index (χ1n) is 12.1. The SMILES string of the molecule is Nc1ncc(-c2nc(N3CCOCC3)c3sc(CN4CCC(O)(c5ccccn5)CC4)cc3n2)cn1. The second-order valence-corrected chi connectivity index (χ2v) is 10.4. The number of nitrogen functional groups attached to an aromatic ring is 1. The van der Waals surface area contributed by atoms with E-state index in [0.717, 1.165) is 60.0 Å². The highest BCUT2D eigenvalue weighted by Crippen LogP contribution is 2.36. The molecule has 0 unspecified atom stereocenters. The molecule has 186 valence electrons. The van der Waals surface area contributed by atoms with E-state index in [9.17, 15) is 5.11 Å².